The van der Waals surface area contributed by atoms with Crippen molar-refractivity contribution < 1.29 is 0 Å². The van der Waals surface area contributed by atoms with Gasteiger partial charge in [0.25, 0.3) is 0 Å². The molecular formula is C13H22N2S. The maximum atomic E-state index is 5.82. The van der Waals surface area contributed by atoms with Crippen LogP contribution in [0, 0.1) is 5.41 Å². The Morgan fingerprint density at radius 1 is 1.50 bits per heavy atom. The molecule has 0 aromatic carbocycles. The van der Waals surface area contributed by atoms with Gasteiger partial charge in [0.05, 0.1) is 0 Å². The van der Waals surface area contributed by atoms with Crippen molar-refractivity contribution in [2.75, 3.05) is 13.1 Å². The molecule has 0 saturated heterocycles. The van der Waals surface area contributed by atoms with Crippen molar-refractivity contribution in [2.45, 2.75) is 39.3 Å². The summed E-state index contributed by atoms with van der Waals surface area (Å²) in [7, 11) is 0. The number of nitrogens with zero attached hydrogens (tertiary/aromatic N) is 1. The van der Waals surface area contributed by atoms with Crippen LogP contribution in [0.4, 0.5) is 0 Å². The van der Waals surface area contributed by atoms with E-state index >= 15 is 0 Å². The molecule has 1 aliphatic rings. The van der Waals surface area contributed by atoms with E-state index in [-0.39, 0.29) is 5.41 Å². The van der Waals surface area contributed by atoms with Crippen molar-refractivity contribution in [3.63, 3.8) is 0 Å². The van der Waals surface area contributed by atoms with E-state index in [0.717, 1.165) is 25.7 Å². The Hall–Kier alpha value is -0.380. The van der Waals surface area contributed by atoms with Crippen LogP contribution in [0.2, 0.25) is 0 Å². The molecule has 0 bridgehead atoms. The summed E-state index contributed by atoms with van der Waals surface area (Å²) in [5, 5.41) is 2.16. The highest BCUT2D eigenvalue weighted by Gasteiger charge is 2.32. The van der Waals surface area contributed by atoms with Crippen molar-refractivity contribution in [3.05, 3.63) is 22.4 Å². The van der Waals surface area contributed by atoms with Crippen molar-refractivity contribution in [1.29, 1.82) is 0 Å². The van der Waals surface area contributed by atoms with E-state index < -0.39 is 0 Å². The SMILES string of the molecule is CC(C)(CN)CN(Cc1cccs1)C1CC1. The van der Waals surface area contributed by atoms with E-state index in [4.69, 9.17) is 5.73 Å². The summed E-state index contributed by atoms with van der Waals surface area (Å²) in [4.78, 5) is 4.08. The Balaban J connectivity index is 1.95. The topological polar surface area (TPSA) is 29.3 Å². The number of hydrogen-bond acceptors (Lipinski definition) is 3. The van der Waals surface area contributed by atoms with Gasteiger partial charge >= 0.3 is 0 Å². The molecule has 90 valence electrons. The van der Waals surface area contributed by atoms with Crippen LogP contribution in [-0.4, -0.2) is 24.0 Å². The predicted molar refractivity (Wildman–Crippen MR) is 70.6 cm³/mol. The average Bonchev–Trinajstić information content (AvgIpc) is 2.97. The fourth-order valence-corrected chi connectivity index (χ4v) is 2.70. The predicted octanol–water partition coefficient (Wildman–Crippen LogP) is 2.70. The van der Waals surface area contributed by atoms with E-state index in [2.05, 4.69) is 36.3 Å². The quantitative estimate of drug-likeness (QED) is 0.825. The summed E-state index contributed by atoms with van der Waals surface area (Å²) < 4.78 is 0. The molecule has 1 aromatic heterocycles. The lowest BCUT2D eigenvalue weighted by Crippen LogP contribution is -2.39. The number of nitrogens with two attached hydrogens (primary N) is 1. The molecule has 1 fully saturated rings. The molecule has 0 unspecified atom stereocenters. The van der Waals surface area contributed by atoms with Crippen molar-refractivity contribution in [3.8, 4) is 0 Å². The summed E-state index contributed by atoms with van der Waals surface area (Å²) >= 11 is 1.86. The molecule has 1 aliphatic carbocycles. The minimum Gasteiger partial charge on any atom is -0.330 e. The number of hydrogen-bond donors (Lipinski definition) is 1. The molecule has 0 spiro atoms. The van der Waals surface area contributed by atoms with Crippen molar-refractivity contribution in [1.82, 2.24) is 4.90 Å². The van der Waals surface area contributed by atoms with Crippen LogP contribution in [0.25, 0.3) is 0 Å². The standard InChI is InChI=1S/C13H22N2S/c1-13(2,9-14)10-15(11-5-6-11)8-12-4-3-7-16-12/h3-4,7,11H,5-6,8-10,14H2,1-2H3. The van der Waals surface area contributed by atoms with Gasteiger partial charge in [0.15, 0.2) is 0 Å². The minimum absolute atomic E-state index is 0.236. The first-order valence-electron chi connectivity index (χ1n) is 6.07. The van der Waals surface area contributed by atoms with E-state index in [9.17, 15) is 0 Å². The second-order valence-electron chi connectivity index (χ2n) is 5.58. The van der Waals surface area contributed by atoms with Gasteiger partial charge in [-0.2, -0.15) is 0 Å². The molecular weight excluding hydrogens is 216 g/mol. The highest BCUT2D eigenvalue weighted by molar-refractivity contribution is 7.09. The van der Waals surface area contributed by atoms with Crippen LogP contribution in [0.3, 0.4) is 0 Å². The molecule has 0 atom stereocenters. The molecule has 1 aromatic rings. The molecule has 0 radical (unpaired) electrons. The number of rotatable bonds is 6. The third-order valence-electron chi connectivity index (χ3n) is 3.19. The molecule has 0 amide bonds. The zero-order valence-electron chi connectivity index (χ0n) is 10.3. The van der Waals surface area contributed by atoms with Gasteiger partial charge in [-0.3, -0.25) is 4.90 Å². The summed E-state index contributed by atoms with van der Waals surface area (Å²) in [6.07, 6.45) is 2.73. The number of thiophene rings is 1. The van der Waals surface area contributed by atoms with Crippen LogP contribution >= 0.6 is 11.3 Å². The smallest absolute Gasteiger partial charge is 0.0331 e. The third kappa shape index (κ3) is 3.30. The molecule has 1 saturated carbocycles. The van der Waals surface area contributed by atoms with Crippen molar-refractivity contribution in [2.24, 2.45) is 11.1 Å². The molecule has 2 N–H and O–H groups in total. The molecule has 0 aliphatic heterocycles. The summed E-state index contributed by atoms with van der Waals surface area (Å²) in [6.45, 7) is 7.51. The lowest BCUT2D eigenvalue weighted by atomic mass is 9.93. The fraction of sp³-hybridized carbons (Fsp3) is 0.692. The molecule has 2 rings (SSSR count). The van der Waals surface area contributed by atoms with Crippen LogP contribution in [-0.2, 0) is 6.54 Å². The second kappa shape index (κ2) is 4.86. The lowest BCUT2D eigenvalue weighted by molar-refractivity contribution is 0.169. The van der Waals surface area contributed by atoms with E-state index in [1.807, 2.05) is 11.3 Å². The minimum atomic E-state index is 0.236. The van der Waals surface area contributed by atoms with Crippen LogP contribution < -0.4 is 5.73 Å². The fourth-order valence-electron chi connectivity index (χ4n) is 1.97. The molecule has 1 heterocycles. The van der Waals surface area contributed by atoms with Gasteiger partial charge in [-0.1, -0.05) is 19.9 Å². The van der Waals surface area contributed by atoms with Gasteiger partial charge in [-0.15, -0.1) is 11.3 Å². The second-order valence-corrected chi connectivity index (χ2v) is 6.62. The highest BCUT2D eigenvalue weighted by Crippen LogP contribution is 2.31. The maximum absolute atomic E-state index is 5.82. The van der Waals surface area contributed by atoms with Gasteiger partial charge in [0.1, 0.15) is 0 Å². The molecule has 2 nitrogen and oxygen atoms in total. The zero-order chi connectivity index (χ0) is 11.6. The Kier molecular flexibility index (Phi) is 3.67. The van der Waals surface area contributed by atoms with Gasteiger partial charge in [-0.05, 0) is 36.2 Å². The van der Waals surface area contributed by atoms with E-state index in [1.165, 1.54) is 17.7 Å². The van der Waals surface area contributed by atoms with Crippen molar-refractivity contribution >= 4 is 11.3 Å². The normalized spacial score (nSPS) is 17.0. The first-order chi connectivity index (χ1) is 7.61. The van der Waals surface area contributed by atoms with Gasteiger partial charge in [0.2, 0.25) is 0 Å². The first kappa shape index (κ1) is 12.1. The van der Waals surface area contributed by atoms with Gasteiger partial charge < -0.3 is 5.73 Å². The molecule has 3 heteroatoms. The van der Waals surface area contributed by atoms with E-state index in [0.29, 0.717) is 0 Å². The maximum Gasteiger partial charge on any atom is 0.0331 e. The Bertz CT molecular complexity index is 315. The average molecular weight is 238 g/mol. The molecule has 16 heavy (non-hydrogen) atoms. The Morgan fingerprint density at radius 2 is 2.25 bits per heavy atom. The van der Waals surface area contributed by atoms with E-state index in [1.54, 1.807) is 0 Å². The van der Waals surface area contributed by atoms with Crippen LogP contribution in [0.5, 0.6) is 0 Å². The van der Waals surface area contributed by atoms with Gasteiger partial charge in [-0.25, -0.2) is 0 Å². The van der Waals surface area contributed by atoms with Crippen LogP contribution in [0.15, 0.2) is 17.5 Å². The summed E-state index contributed by atoms with van der Waals surface area (Å²) in [6, 6.07) is 5.18. The summed E-state index contributed by atoms with van der Waals surface area (Å²) in [5.41, 5.74) is 6.06. The van der Waals surface area contributed by atoms with Gasteiger partial charge in [0, 0.05) is 24.0 Å². The summed E-state index contributed by atoms with van der Waals surface area (Å²) in [5.74, 6) is 0. The highest BCUT2D eigenvalue weighted by atomic mass is 32.1. The van der Waals surface area contributed by atoms with Crippen LogP contribution in [0.1, 0.15) is 31.6 Å². The Morgan fingerprint density at radius 3 is 2.75 bits per heavy atom. The Labute approximate surface area is 102 Å². The largest absolute Gasteiger partial charge is 0.330 e. The lowest BCUT2D eigenvalue weighted by Gasteiger charge is -2.31. The zero-order valence-corrected chi connectivity index (χ0v) is 11.1. The third-order valence-corrected chi connectivity index (χ3v) is 4.05. The monoisotopic (exact) mass is 238 g/mol. The first-order valence-corrected chi connectivity index (χ1v) is 6.95.